The van der Waals surface area contributed by atoms with Gasteiger partial charge in [0.1, 0.15) is 11.9 Å². The van der Waals surface area contributed by atoms with E-state index in [1.54, 1.807) is 24.3 Å². The van der Waals surface area contributed by atoms with Crippen molar-refractivity contribution in [3.8, 4) is 5.75 Å². The number of hydrogen-bond acceptors (Lipinski definition) is 3. The van der Waals surface area contributed by atoms with E-state index in [1.165, 1.54) is 0 Å². The van der Waals surface area contributed by atoms with Crippen LogP contribution in [-0.4, -0.2) is 11.9 Å². The number of hydrogen-bond donors (Lipinski definition) is 1. The summed E-state index contributed by atoms with van der Waals surface area (Å²) < 4.78 is 5.63. The molecular weight excluding hydrogens is 274 g/mol. The van der Waals surface area contributed by atoms with Crippen LogP contribution in [0.15, 0.2) is 36.4 Å². The number of fused-ring (bicyclic) bond motifs is 1. The molecule has 1 heterocycles. The van der Waals surface area contributed by atoms with Gasteiger partial charge in [-0.05, 0) is 42.8 Å². The molecule has 3 nitrogen and oxygen atoms in total. The summed E-state index contributed by atoms with van der Waals surface area (Å²) in [6, 6.07) is 10.6. The lowest BCUT2D eigenvalue weighted by molar-refractivity contribution is 0.103. The number of carbonyl (C=O) groups is 1. The highest BCUT2D eigenvalue weighted by Gasteiger charge is 2.21. The molecule has 2 N–H and O–H groups in total. The lowest BCUT2D eigenvalue weighted by Gasteiger charge is -2.07. The zero-order valence-electron chi connectivity index (χ0n) is 11.0. The van der Waals surface area contributed by atoms with E-state index < -0.39 is 0 Å². The van der Waals surface area contributed by atoms with Gasteiger partial charge in [0.25, 0.3) is 0 Å². The summed E-state index contributed by atoms with van der Waals surface area (Å²) in [6.07, 6.45) is 0.979. The molecule has 1 unspecified atom stereocenters. The van der Waals surface area contributed by atoms with Crippen LogP contribution in [-0.2, 0) is 6.42 Å². The molecule has 0 fully saturated rings. The fraction of sp³-hybridized carbons (Fsp3) is 0.188. The third-order valence-electron chi connectivity index (χ3n) is 3.43. The molecule has 102 valence electrons. The van der Waals surface area contributed by atoms with E-state index in [0.717, 1.165) is 17.7 Å². The van der Waals surface area contributed by atoms with E-state index in [4.69, 9.17) is 22.1 Å². The van der Waals surface area contributed by atoms with Crippen LogP contribution in [0.3, 0.4) is 0 Å². The fourth-order valence-corrected chi connectivity index (χ4v) is 2.66. The number of ketones is 1. The van der Waals surface area contributed by atoms with Crippen LogP contribution in [0.25, 0.3) is 0 Å². The highest BCUT2D eigenvalue weighted by atomic mass is 35.5. The highest BCUT2D eigenvalue weighted by Crippen LogP contribution is 2.31. The van der Waals surface area contributed by atoms with E-state index in [9.17, 15) is 4.79 Å². The van der Waals surface area contributed by atoms with E-state index in [1.807, 2.05) is 19.1 Å². The van der Waals surface area contributed by atoms with Crippen LogP contribution < -0.4 is 10.5 Å². The summed E-state index contributed by atoms with van der Waals surface area (Å²) in [6.45, 7) is 2.01. The first kappa shape index (κ1) is 13.0. The van der Waals surface area contributed by atoms with Gasteiger partial charge in [0, 0.05) is 17.5 Å². The monoisotopic (exact) mass is 287 g/mol. The molecule has 0 aliphatic carbocycles. The molecule has 2 aromatic carbocycles. The lowest BCUT2D eigenvalue weighted by Crippen LogP contribution is -2.05. The van der Waals surface area contributed by atoms with Crippen molar-refractivity contribution in [3.05, 3.63) is 58.1 Å². The number of nitrogens with two attached hydrogens (primary N) is 1. The van der Waals surface area contributed by atoms with Crippen molar-refractivity contribution in [1.29, 1.82) is 0 Å². The Bertz CT molecular complexity index is 697. The first-order valence-corrected chi connectivity index (χ1v) is 6.82. The normalized spacial score (nSPS) is 16.6. The summed E-state index contributed by atoms with van der Waals surface area (Å²) in [5.74, 6) is 0.734. The number of anilines is 1. The van der Waals surface area contributed by atoms with Gasteiger partial charge in [-0.3, -0.25) is 4.79 Å². The number of rotatable bonds is 2. The second-order valence-electron chi connectivity index (χ2n) is 4.99. The summed E-state index contributed by atoms with van der Waals surface area (Å²) >= 11 is 6.11. The minimum absolute atomic E-state index is 0.121. The first-order chi connectivity index (χ1) is 9.56. The SMILES string of the molecule is CC1Cc2cc(C(=O)c3cccc(N)c3Cl)ccc2O1. The molecule has 0 bridgehead atoms. The van der Waals surface area contributed by atoms with Crippen molar-refractivity contribution < 1.29 is 9.53 Å². The van der Waals surface area contributed by atoms with Crippen LogP contribution in [0.5, 0.6) is 5.75 Å². The maximum absolute atomic E-state index is 12.5. The Labute approximate surface area is 122 Å². The second-order valence-corrected chi connectivity index (χ2v) is 5.37. The Balaban J connectivity index is 2.00. The molecule has 1 atom stereocenters. The third-order valence-corrected chi connectivity index (χ3v) is 3.85. The van der Waals surface area contributed by atoms with Crippen molar-refractivity contribution in [3.63, 3.8) is 0 Å². The van der Waals surface area contributed by atoms with E-state index in [0.29, 0.717) is 21.8 Å². The molecule has 4 heteroatoms. The van der Waals surface area contributed by atoms with Gasteiger partial charge in [0.05, 0.1) is 10.7 Å². The Kier molecular flexibility index (Phi) is 3.14. The van der Waals surface area contributed by atoms with Gasteiger partial charge in [-0.25, -0.2) is 0 Å². The minimum atomic E-state index is -0.121. The molecule has 0 spiro atoms. The fourth-order valence-electron chi connectivity index (χ4n) is 2.44. The van der Waals surface area contributed by atoms with Crippen molar-refractivity contribution in [2.45, 2.75) is 19.4 Å². The van der Waals surface area contributed by atoms with Gasteiger partial charge in [0.2, 0.25) is 0 Å². The summed E-state index contributed by atoms with van der Waals surface area (Å²) in [4.78, 5) is 12.5. The van der Waals surface area contributed by atoms with Crippen molar-refractivity contribution in [1.82, 2.24) is 0 Å². The summed E-state index contributed by atoms with van der Waals surface area (Å²) in [5.41, 5.74) is 8.25. The Morgan fingerprint density at radius 3 is 2.95 bits per heavy atom. The predicted molar refractivity (Wildman–Crippen MR) is 79.5 cm³/mol. The number of benzene rings is 2. The Morgan fingerprint density at radius 1 is 1.35 bits per heavy atom. The molecule has 0 radical (unpaired) electrons. The zero-order chi connectivity index (χ0) is 14.3. The van der Waals surface area contributed by atoms with E-state index in [2.05, 4.69) is 0 Å². The quantitative estimate of drug-likeness (QED) is 0.679. The molecule has 0 saturated carbocycles. The average molecular weight is 288 g/mol. The molecule has 1 aliphatic heterocycles. The predicted octanol–water partition coefficient (Wildman–Crippen LogP) is 3.48. The molecule has 0 aromatic heterocycles. The molecule has 20 heavy (non-hydrogen) atoms. The topological polar surface area (TPSA) is 52.3 Å². The molecule has 2 aromatic rings. The number of ether oxygens (including phenoxy) is 1. The van der Waals surface area contributed by atoms with Crippen LogP contribution in [0, 0.1) is 0 Å². The van der Waals surface area contributed by atoms with E-state index >= 15 is 0 Å². The lowest BCUT2D eigenvalue weighted by atomic mass is 9.99. The summed E-state index contributed by atoms with van der Waals surface area (Å²) in [7, 11) is 0. The molecule has 1 aliphatic rings. The highest BCUT2D eigenvalue weighted by molar-refractivity contribution is 6.37. The van der Waals surface area contributed by atoms with Crippen molar-refractivity contribution >= 4 is 23.1 Å². The minimum Gasteiger partial charge on any atom is -0.490 e. The van der Waals surface area contributed by atoms with Gasteiger partial charge in [-0.2, -0.15) is 0 Å². The average Bonchev–Trinajstić information content (AvgIpc) is 2.80. The van der Waals surface area contributed by atoms with Crippen LogP contribution in [0.4, 0.5) is 5.69 Å². The summed E-state index contributed by atoms with van der Waals surface area (Å²) in [5, 5.41) is 0.308. The Morgan fingerprint density at radius 2 is 2.15 bits per heavy atom. The second kappa shape index (κ2) is 4.84. The number of halogens is 1. The zero-order valence-corrected chi connectivity index (χ0v) is 11.8. The smallest absolute Gasteiger partial charge is 0.194 e. The molecule has 0 saturated heterocycles. The largest absolute Gasteiger partial charge is 0.490 e. The Hall–Kier alpha value is -2.00. The third kappa shape index (κ3) is 2.14. The number of carbonyl (C=O) groups excluding carboxylic acids is 1. The standard InChI is InChI=1S/C16H14ClNO2/c1-9-7-11-8-10(5-6-14(11)20-9)16(19)12-3-2-4-13(18)15(12)17/h2-6,8-9H,7,18H2,1H3. The molecule has 3 rings (SSSR count). The van der Waals surface area contributed by atoms with E-state index in [-0.39, 0.29) is 11.9 Å². The van der Waals surface area contributed by atoms with Crippen LogP contribution in [0.2, 0.25) is 5.02 Å². The van der Waals surface area contributed by atoms with Gasteiger partial charge < -0.3 is 10.5 Å². The maximum atomic E-state index is 12.5. The van der Waals surface area contributed by atoms with Gasteiger partial charge in [-0.1, -0.05) is 17.7 Å². The van der Waals surface area contributed by atoms with Crippen LogP contribution >= 0.6 is 11.6 Å². The van der Waals surface area contributed by atoms with Gasteiger partial charge in [-0.15, -0.1) is 0 Å². The molecular formula is C16H14ClNO2. The first-order valence-electron chi connectivity index (χ1n) is 6.44. The van der Waals surface area contributed by atoms with Crippen LogP contribution in [0.1, 0.15) is 28.4 Å². The maximum Gasteiger partial charge on any atom is 0.194 e. The number of nitrogen functional groups attached to an aromatic ring is 1. The van der Waals surface area contributed by atoms with Gasteiger partial charge >= 0.3 is 0 Å². The van der Waals surface area contributed by atoms with Crippen molar-refractivity contribution in [2.24, 2.45) is 0 Å². The van der Waals surface area contributed by atoms with Crippen molar-refractivity contribution in [2.75, 3.05) is 5.73 Å². The van der Waals surface area contributed by atoms with Gasteiger partial charge in [0.15, 0.2) is 5.78 Å². The molecule has 0 amide bonds.